The Kier molecular flexibility index (Phi) is 5.68. The molecule has 4 aromatic rings. The molecule has 1 aliphatic rings. The fraction of sp³-hybridized carbons (Fsp3) is 0.182. The van der Waals surface area contributed by atoms with Gasteiger partial charge in [0.25, 0.3) is 0 Å². The summed E-state index contributed by atoms with van der Waals surface area (Å²) in [6.45, 7) is 2.73. The first-order chi connectivity index (χ1) is 16.2. The van der Waals surface area contributed by atoms with E-state index in [4.69, 9.17) is 10.5 Å². The van der Waals surface area contributed by atoms with Gasteiger partial charge in [-0.2, -0.15) is 9.67 Å². The summed E-state index contributed by atoms with van der Waals surface area (Å²) in [6.07, 6.45) is 1.40. The number of nitrogens with one attached hydrogen (secondary N) is 2. The molecule has 5 rings (SSSR count). The van der Waals surface area contributed by atoms with Gasteiger partial charge in [0.1, 0.15) is 18.0 Å². The minimum Gasteiger partial charge on any atom is -0.378 e. The third kappa shape index (κ3) is 4.67. The number of hydrogen-bond donors (Lipinski definition) is 3. The molecule has 33 heavy (non-hydrogen) atoms. The summed E-state index contributed by atoms with van der Waals surface area (Å²) in [4.78, 5) is 14.7. The molecule has 10 nitrogen and oxygen atoms in total. The first-order valence-corrected chi connectivity index (χ1v) is 10.4. The SMILES string of the molecule is Nc1nc(Nc2ccc(N3CCOCC3)cc2F)nn1-c1cc(Nc2ccccc2)ncn1. The van der Waals surface area contributed by atoms with Crippen LogP contribution in [0.25, 0.3) is 5.82 Å². The Morgan fingerprint density at radius 2 is 1.79 bits per heavy atom. The Hall–Kier alpha value is -4.25. The number of morpholine rings is 1. The fourth-order valence-electron chi connectivity index (χ4n) is 3.49. The molecule has 0 saturated carbocycles. The number of aromatic nitrogens is 5. The van der Waals surface area contributed by atoms with Gasteiger partial charge in [-0.25, -0.2) is 14.4 Å². The van der Waals surface area contributed by atoms with Crippen molar-refractivity contribution in [2.75, 3.05) is 47.6 Å². The lowest BCUT2D eigenvalue weighted by atomic mass is 10.2. The summed E-state index contributed by atoms with van der Waals surface area (Å²) in [6, 6.07) is 16.3. The minimum atomic E-state index is -0.412. The molecule has 168 valence electrons. The quantitative estimate of drug-likeness (QED) is 0.410. The minimum absolute atomic E-state index is 0.104. The maximum atomic E-state index is 14.7. The number of nitrogens with zero attached hydrogens (tertiary/aromatic N) is 6. The van der Waals surface area contributed by atoms with Crippen LogP contribution in [0, 0.1) is 5.82 Å². The van der Waals surface area contributed by atoms with Gasteiger partial charge >= 0.3 is 0 Å². The zero-order valence-corrected chi connectivity index (χ0v) is 17.6. The van der Waals surface area contributed by atoms with Crippen LogP contribution in [0.1, 0.15) is 0 Å². The highest BCUT2D eigenvalue weighted by Gasteiger charge is 2.16. The predicted molar refractivity (Wildman–Crippen MR) is 124 cm³/mol. The van der Waals surface area contributed by atoms with Crippen molar-refractivity contribution in [3.8, 4) is 5.82 Å². The summed E-state index contributed by atoms with van der Waals surface area (Å²) >= 11 is 0. The zero-order chi connectivity index (χ0) is 22.6. The van der Waals surface area contributed by atoms with Crippen LogP contribution in [0.5, 0.6) is 0 Å². The van der Waals surface area contributed by atoms with Crippen molar-refractivity contribution in [1.82, 2.24) is 24.7 Å². The van der Waals surface area contributed by atoms with Crippen LogP contribution < -0.4 is 21.3 Å². The number of benzene rings is 2. The Labute approximate surface area is 189 Å². The van der Waals surface area contributed by atoms with Crippen molar-refractivity contribution in [3.05, 3.63) is 66.7 Å². The number of ether oxygens (including phenoxy) is 1. The molecule has 11 heteroatoms. The van der Waals surface area contributed by atoms with Crippen molar-refractivity contribution in [2.45, 2.75) is 0 Å². The molecule has 0 unspecified atom stereocenters. The number of nitrogens with two attached hydrogens (primary N) is 1. The molecular formula is C22H22FN9O. The molecular weight excluding hydrogens is 425 g/mol. The van der Waals surface area contributed by atoms with Crippen LogP contribution in [0.2, 0.25) is 0 Å². The normalized spacial score (nSPS) is 13.7. The van der Waals surface area contributed by atoms with Gasteiger partial charge in [0.05, 0.1) is 18.9 Å². The second-order valence-corrected chi connectivity index (χ2v) is 7.35. The highest BCUT2D eigenvalue weighted by Crippen LogP contribution is 2.25. The fourth-order valence-corrected chi connectivity index (χ4v) is 3.49. The first kappa shape index (κ1) is 20.6. The second-order valence-electron chi connectivity index (χ2n) is 7.35. The molecule has 0 spiro atoms. The van der Waals surface area contributed by atoms with Crippen LogP contribution in [0.4, 0.5) is 39.2 Å². The topological polar surface area (TPSA) is 119 Å². The molecule has 3 heterocycles. The number of anilines is 6. The van der Waals surface area contributed by atoms with E-state index in [1.807, 2.05) is 36.4 Å². The van der Waals surface area contributed by atoms with E-state index in [2.05, 4.69) is 35.6 Å². The van der Waals surface area contributed by atoms with Crippen LogP contribution in [-0.4, -0.2) is 51.0 Å². The molecule has 1 fully saturated rings. The van der Waals surface area contributed by atoms with Crippen molar-refractivity contribution >= 4 is 34.8 Å². The average molecular weight is 447 g/mol. The Morgan fingerprint density at radius 3 is 2.58 bits per heavy atom. The molecule has 0 aliphatic carbocycles. The summed E-state index contributed by atoms with van der Waals surface area (Å²) in [5.74, 6) is 0.837. The van der Waals surface area contributed by atoms with Gasteiger partial charge in [-0.3, -0.25) is 0 Å². The van der Waals surface area contributed by atoms with E-state index >= 15 is 0 Å². The molecule has 4 N–H and O–H groups in total. The van der Waals surface area contributed by atoms with Crippen LogP contribution >= 0.6 is 0 Å². The molecule has 2 aromatic heterocycles. The van der Waals surface area contributed by atoms with E-state index in [1.54, 1.807) is 12.1 Å². The molecule has 0 radical (unpaired) electrons. The summed E-state index contributed by atoms with van der Waals surface area (Å²) in [5.41, 5.74) is 7.98. The Bertz CT molecular complexity index is 1240. The number of para-hydroxylation sites is 1. The van der Waals surface area contributed by atoms with Gasteiger partial charge in [0.2, 0.25) is 11.9 Å². The van der Waals surface area contributed by atoms with Gasteiger partial charge in [-0.1, -0.05) is 18.2 Å². The van der Waals surface area contributed by atoms with E-state index in [0.29, 0.717) is 24.8 Å². The van der Waals surface area contributed by atoms with Crippen LogP contribution in [0.3, 0.4) is 0 Å². The monoisotopic (exact) mass is 447 g/mol. The Morgan fingerprint density at radius 1 is 0.970 bits per heavy atom. The second kappa shape index (κ2) is 9.09. The number of halogens is 1. The molecule has 1 saturated heterocycles. The van der Waals surface area contributed by atoms with E-state index in [0.717, 1.165) is 24.5 Å². The summed E-state index contributed by atoms with van der Waals surface area (Å²) in [7, 11) is 0. The molecule has 0 bridgehead atoms. The molecule has 0 amide bonds. The van der Waals surface area contributed by atoms with E-state index in [-0.39, 0.29) is 17.6 Å². The highest BCUT2D eigenvalue weighted by atomic mass is 19.1. The molecule has 1 aliphatic heterocycles. The smallest absolute Gasteiger partial charge is 0.248 e. The van der Waals surface area contributed by atoms with Crippen molar-refractivity contribution in [1.29, 1.82) is 0 Å². The maximum Gasteiger partial charge on any atom is 0.248 e. The van der Waals surface area contributed by atoms with E-state index in [1.165, 1.54) is 17.1 Å². The van der Waals surface area contributed by atoms with Gasteiger partial charge in [-0.05, 0) is 30.3 Å². The summed E-state index contributed by atoms with van der Waals surface area (Å²) < 4.78 is 21.4. The predicted octanol–water partition coefficient (Wildman–Crippen LogP) is 3.10. The van der Waals surface area contributed by atoms with E-state index in [9.17, 15) is 4.39 Å². The zero-order valence-electron chi connectivity index (χ0n) is 17.6. The molecule has 2 aromatic carbocycles. The maximum absolute atomic E-state index is 14.7. The standard InChI is InChI=1S/C22H22FN9O/c23-17-12-16(31-8-10-33-11-9-31)6-7-18(17)28-22-29-21(24)32(30-22)20-13-19(25-14-26-20)27-15-4-2-1-3-5-15/h1-7,12-14H,8-11H2,(H,25,26,27)(H3,24,28,29,30). The van der Waals surface area contributed by atoms with Crippen molar-refractivity contribution < 1.29 is 9.13 Å². The lowest BCUT2D eigenvalue weighted by molar-refractivity contribution is 0.122. The van der Waals surface area contributed by atoms with Gasteiger partial charge in [-0.15, -0.1) is 5.10 Å². The van der Waals surface area contributed by atoms with Crippen LogP contribution in [-0.2, 0) is 4.74 Å². The largest absolute Gasteiger partial charge is 0.378 e. The third-order valence-electron chi connectivity index (χ3n) is 5.12. The Balaban J connectivity index is 1.33. The number of hydrogen-bond acceptors (Lipinski definition) is 9. The third-order valence-corrected chi connectivity index (χ3v) is 5.12. The van der Waals surface area contributed by atoms with Gasteiger partial charge < -0.3 is 26.0 Å². The molecule has 0 atom stereocenters. The lowest BCUT2D eigenvalue weighted by Gasteiger charge is -2.29. The number of nitrogen functional groups attached to an aromatic ring is 1. The number of rotatable bonds is 6. The lowest BCUT2D eigenvalue weighted by Crippen LogP contribution is -2.36. The van der Waals surface area contributed by atoms with Gasteiger partial charge in [0, 0.05) is 30.5 Å². The average Bonchev–Trinajstić information content (AvgIpc) is 3.22. The van der Waals surface area contributed by atoms with Gasteiger partial charge in [0.15, 0.2) is 5.82 Å². The first-order valence-electron chi connectivity index (χ1n) is 10.4. The van der Waals surface area contributed by atoms with Crippen molar-refractivity contribution in [2.24, 2.45) is 0 Å². The summed E-state index contributed by atoms with van der Waals surface area (Å²) in [5, 5.41) is 10.4. The van der Waals surface area contributed by atoms with Crippen molar-refractivity contribution in [3.63, 3.8) is 0 Å². The highest BCUT2D eigenvalue weighted by molar-refractivity contribution is 5.61. The van der Waals surface area contributed by atoms with E-state index < -0.39 is 5.82 Å². The van der Waals surface area contributed by atoms with Crippen LogP contribution in [0.15, 0.2) is 60.9 Å².